The summed E-state index contributed by atoms with van der Waals surface area (Å²) in [7, 11) is 2.03. The fourth-order valence-corrected chi connectivity index (χ4v) is 0.927. The van der Waals surface area contributed by atoms with Gasteiger partial charge in [-0.1, -0.05) is 0 Å². The van der Waals surface area contributed by atoms with Gasteiger partial charge in [0.2, 0.25) is 0 Å². The van der Waals surface area contributed by atoms with Gasteiger partial charge in [0, 0.05) is 13.1 Å². The van der Waals surface area contributed by atoms with Gasteiger partial charge in [0.25, 0.3) is 0 Å². The minimum Gasteiger partial charge on any atom is -0.292 e. The summed E-state index contributed by atoms with van der Waals surface area (Å²) in [5.74, 6) is 0. The Labute approximate surface area is 55.9 Å². The molecule has 0 saturated carbocycles. The Balaban J connectivity index is 2.49. The van der Waals surface area contributed by atoms with Gasteiger partial charge in [-0.25, -0.2) is 5.01 Å². The minimum absolute atomic E-state index is 0.529. The van der Waals surface area contributed by atoms with E-state index in [1.807, 2.05) is 13.4 Å². The maximum absolute atomic E-state index is 4.09. The lowest BCUT2D eigenvalue weighted by Crippen LogP contribution is -2.38. The molecule has 0 atom stereocenters. The third kappa shape index (κ3) is 1.21. The predicted molar refractivity (Wildman–Crippen MR) is 38.1 cm³/mol. The van der Waals surface area contributed by atoms with Gasteiger partial charge in [0.1, 0.15) is 13.0 Å². The first-order valence-electron chi connectivity index (χ1n) is 3.21. The summed E-state index contributed by atoms with van der Waals surface area (Å²) in [5, 5.41) is 4.20. The molecule has 0 saturated heterocycles. The minimum atomic E-state index is 0.529. The van der Waals surface area contributed by atoms with Crippen LogP contribution in [0.5, 0.6) is 0 Å². The van der Waals surface area contributed by atoms with Gasteiger partial charge in [0.15, 0.2) is 0 Å². The summed E-state index contributed by atoms with van der Waals surface area (Å²) in [4.78, 5) is 4.09. The number of hydrogen-bond donors (Lipinski definition) is 0. The highest BCUT2D eigenvalue weighted by Gasteiger charge is 2.14. The van der Waals surface area contributed by atoms with Gasteiger partial charge in [-0.3, -0.25) is 10.0 Å². The molecule has 0 N–H and O–H groups in total. The van der Waals surface area contributed by atoms with Gasteiger partial charge in [0.05, 0.1) is 0 Å². The molecule has 0 spiro atoms. The molecule has 0 fully saturated rings. The van der Waals surface area contributed by atoms with Crippen molar-refractivity contribution in [1.82, 2.24) is 10.0 Å². The summed E-state index contributed by atoms with van der Waals surface area (Å²) >= 11 is 0. The monoisotopic (exact) mass is 127 g/mol. The average molecular weight is 127 g/mol. The molecule has 0 aromatic rings. The normalized spacial score (nSPS) is 20.2. The summed E-state index contributed by atoms with van der Waals surface area (Å²) in [6.45, 7) is 5.10. The summed E-state index contributed by atoms with van der Waals surface area (Å²) in [5.41, 5.74) is 0. The Morgan fingerprint density at radius 2 is 2.22 bits per heavy atom. The number of hydrazine groups is 1. The molecule has 0 aromatic heterocycles. The van der Waals surface area contributed by atoms with Crippen molar-refractivity contribution in [3.05, 3.63) is 0 Å². The highest BCUT2D eigenvalue weighted by atomic mass is 15.7. The van der Waals surface area contributed by atoms with E-state index in [0.717, 1.165) is 6.67 Å². The van der Waals surface area contributed by atoms with Crippen LogP contribution in [0.1, 0.15) is 13.8 Å². The van der Waals surface area contributed by atoms with E-state index >= 15 is 0 Å². The van der Waals surface area contributed by atoms with Crippen LogP contribution in [0.3, 0.4) is 0 Å². The maximum Gasteiger partial charge on any atom is 0.110 e. The van der Waals surface area contributed by atoms with E-state index in [9.17, 15) is 0 Å². The lowest BCUT2D eigenvalue weighted by molar-refractivity contribution is 0.0773. The molecule has 3 heteroatoms. The van der Waals surface area contributed by atoms with E-state index in [4.69, 9.17) is 0 Å². The summed E-state index contributed by atoms with van der Waals surface area (Å²) < 4.78 is 0. The quantitative estimate of drug-likeness (QED) is 0.512. The fraction of sp³-hybridized carbons (Fsp3) is 0.833. The molecule has 0 radical (unpaired) electrons. The molecular weight excluding hydrogens is 114 g/mol. The molecule has 0 unspecified atom stereocenters. The summed E-state index contributed by atoms with van der Waals surface area (Å²) in [6.07, 6.45) is 1.88. The lowest BCUT2D eigenvalue weighted by Gasteiger charge is -2.26. The highest BCUT2D eigenvalue weighted by molar-refractivity contribution is 5.56. The van der Waals surface area contributed by atoms with Crippen LogP contribution in [-0.4, -0.2) is 36.1 Å². The van der Waals surface area contributed by atoms with E-state index in [2.05, 4.69) is 28.9 Å². The Bertz CT molecular complexity index is 119. The second kappa shape index (κ2) is 2.35. The van der Waals surface area contributed by atoms with E-state index in [1.165, 1.54) is 0 Å². The molecule has 1 heterocycles. The van der Waals surface area contributed by atoms with Crippen molar-refractivity contribution in [2.75, 3.05) is 13.7 Å². The molecule has 1 aliphatic heterocycles. The average Bonchev–Trinajstić information content (AvgIpc) is 2.13. The standard InChI is InChI=1S/C6H13N3/c1-6(2)9-5-7-4-8(9)3/h5-6H,4H2,1-3H3. The van der Waals surface area contributed by atoms with Crippen LogP contribution < -0.4 is 0 Å². The van der Waals surface area contributed by atoms with Crippen molar-refractivity contribution in [2.24, 2.45) is 4.99 Å². The molecule has 0 amide bonds. The number of nitrogens with zero attached hydrogens (tertiary/aromatic N) is 3. The molecule has 1 aliphatic rings. The first kappa shape index (κ1) is 6.55. The van der Waals surface area contributed by atoms with Gasteiger partial charge < -0.3 is 0 Å². The molecule has 1 rings (SSSR count). The van der Waals surface area contributed by atoms with E-state index in [0.29, 0.717) is 6.04 Å². The molecule has 0 aliphatic carbocycles. The van der Waals surface area contributed by atoms with Crippen molar-refractivity contribution < 1.29 is 0 Å². The van der Waals surface area contributed by atoms with Gasteiger partial charge in [-0.15, -0.1) is 0 Å². The molecule has 0 aromatic carbocycles. The Hall–Kier alpha value is -0.570. The van der Waals surface area contributed by atoms with Crippen LogP contribution in [0.15, 0.2) is 4.99 Å². The van der Waals surface area contributed by atoms with E-state index in [-0.39, 0.29) is 0 Å². The third-order valence-corrected chi connectivity index (χ3v) is 1.41. The molecule has 3 nitrogen and oxygen atoms in total. The van der Waals surface area contributed by atoms with Crippen LogP contribution in [0.2, 0.25) is 0 Å². The lowest BCUT2D eigenvalue weighted by atomic mass is 10.4. The van der Waals surface area contributed by atoms with E-state index in [1.54, 1.807) is 0 Å². The van der Waals surface area contributed by atoms with Crippen LogP contribution in [0.4, 0.5) is 0 Å². The Morgan fingerprint density at radius 1 is 1.56 bits per heavy atom. The number of aliphatic imine (C=N–C) groups is 1. The largest absolute Gasteiger partial charge is 0.292 e. The third-order valence-electron chi connectivity index (χ3n) is 1.41. The molecular formula is C6H13N3. The zero-order valence-electron chi connectivity index (χ0n) is 6.20. The van der Waals surface area contributed by atoms with E-state index < -0.39 is 0 Å². The first-order chi connectivity index (χ1) is 4.22. The molecule has 52 valence electrons. The first-order valence-corrected chi connectivity index (χ1v) is 3.21. The van der Waals surface area contributed by atoms with Gasteiger partial charge in [-0.2, -0.15) is 0 Å². The van der Waals surface area contributed by atoms with Crippen LogP contribution in [-0.2, 0) is 0 Å². The van der Waals surface area contributed by atoms with Crippen LogP contribution >= 0.6 is 0 Å². The zero-order chi connectivity index (χ0) is 6.85. The summed E-state index contributed by atoms with van der Waals surface area (Å²) in [6, 6.07) is 0.529. The Morgan fingerprint density at radius 3 is 2.44 bits per heavy atom. The topological polar surface area (TPSA) is 18.8 Å². The highest BCUT2D eigenvalue weighted by Crippen LogP contribution is 2.03. The van der Waals surface area contributed by atoms with Gasteiger partial charge in [-0.05, 0) is 13.8 Å². The smallest absolute Gasteiger partial charge is 0.110 e. The van der Waals surface area contributed by atoms with Crippen LogP contribution in [0.25, 0.3) is 0 Å². The zero-order valence-corrected chi connectivity index (χ0v) is 6.20. The maximum atomic E-state index is 4.09. The van der Waals surface area contributed by atoms with Crippen LogP contribution in [0, 0.1) is 0 Å². The molecule has 9 heavy (non-hydrogen) atoms. The van der Waals surface area contributed by atoms with Crippen molar-refractivity contribution in [2.45, 2.75) is 19.9 Å². The molecule has 0 bridgehead atoms. The SMILES string of the molecule is CC(C)N1C=NCN1C. The fourth-order valence-electron chi connectivity index (χ4n) is 0.927. The second-order valence-corrected chi connectivity index (χ2v) is 2.57. The second-order valence-electron chi connectivity index (χ2n) is 2.57. The van der Waals surface area contributed by atoms with Crippen molar-refractivity contribution in [1.29, 1.82) is 0 Å². The Kier molecular flexibility index (Phi) is 1.71. The van der Waals surface area contributed by atoms with Crippen molar-refractivity contribution >= 4 is 6.34 Å². The van der Waals surface area contributed by atoms with Crippen molar-refractivity contribution in [3.63, 3.8) is 0 Å². The number of hydrogen-bond acceptors (Lipinski definition) is 3. The predicted octanol–water partition coefficient (Wildman–Crippen LogP) is 0.543. The number of rotatable bonds is 1. The van der Waals surface area contributed by atoms with Gasteiger partial charge >= 0.3 is 0 Å². The van der Waals surface area contributed by atoms with Crippen molar-refractivity contribution in [3.8, 4) is 0 Å².